The van der Waals surface area contributed by atoms with E-state index in [4.69, 9.17) is 18.0 Å². The van der Waals surface area contributed by atoms with Crippen LogP contribution in [0.4, 0.5) is 5.69 Å². The fraction of sp³-hybridized carbons (Fsp3) is 0.250. The molecule has 1 fully saturated rings. The van der Waals surface area contributed by atoms with Crippen LogP contribution in [-0.2, 0) is 0 Å². The maximum absolute atomic E-state index is 5.94. The van der Waals surface area contributed by atoms with Gasteiger partial charge in [-0.2, -0.15) is 0 Å². The van der Waals surface area contributed by atoms with Crippen LogP contribution in [0.1, 0.15) is 0 Å². The van der Waals surface area contributed by atoms with E-state index in [9.17, 15) is 0 Å². The lowest BCUT2D eigenvalue weighted by molar-refractivity contribution is 0.521. The molecule has 1 aliphatic heterocycles. The highest BCUT2D eigenvalue weighted by atomic mass is 79.9. The normalized spacial score (nSPS) is 17.0. The highest BCUT2D eigenvalue weighted by Gasteiger charge is 2.17. The molecule has 1 aliphatic rings. The topological polar surface area (TPSA) is 27.6 Å². The summed E-state index contributed by atoms with van der Waals surface area (Å²) < 4.78 is 0.906. The molecule has 0 bridgehead atoms. The van der Waals surface area contributed by atoms with E-state index in [1.807, 2.05) is 23.1 Å². The molecule has 88 valence electrons. The van der Waals surface area contributed by atoms with E-state index >= 15 is 0 Å². The molecule has 0 atom stereocenters. The highest BCUT2D eigenvalue weighted by molar-refractivity contribution is 9.10. The fourth-order valence-corrected chi connectivity index (χ4v) is 2.08. The Hall–Kier alpha value is -1.18. The van der Waals surface area contributed by atoms with Crippen LogP contribution in [0, 0.1) is 12.3 Å². The Bertz CT molecular complexity index is 493. The first-order valence-corrected chi connectivity index (χ1v) is 6.34. The maximum atomic E-state index is 5.94. The van der Waals surface area contributed by atoms with Gasteiger partial charge in [0.25, 0.3) is 0 Å². The fourth-order valence-electron chi connectivity index (χ4n) is 1.58. The zero-order valence-electron chi connectivity index (χ0n) is 9.08. The molecular weight excluding hydrogens is 302 g/mol. The van der Waals surface area contributed by atoms with Crippen molar-refractivity contribution in [1.29, 1.82) is 0 Å². The van der Waals surface area contributed by atoms with Crippen LogP contribution in [0.5, 0.6) is 0 Å². The Morgan fingerprint density at radius 1 is 1.59 bits per heavy atom. The third-order valence-electron chi connectivity index (χ3n) is 2.38. The molecule has 1 heterocycles. The number of hydrogen-bond acceptors (Lipinski definition) is 1. The van der Waals surface area contributed by atoms with Gasteiger partial charge >= 0.3 is 0 Å². The number of benzene rings is 1. The first kappa shape index (κ1) is 12.3. The van der Waals surface area contributed by atoms with Gasteiger partial charge in [0.2, 0.25) is 0 Å². The van der Waals surface area contributed by atoms with Crippen LogP contribution in [0.15, 0.2) is 27.7 Å². The summed E-state index contributed by atoms with van der Waals surface area (Å²) in [4.78, 5) is 6.54. The number of halogens is 2. The standard InChI is InChI=1S/C12H11BrClN3/c1-2-6-17-7-5-15-12(17)16-11-8-9(14)3-4-10(11)13/h1,3-4,8H,5-7H2,(H,15,16). The lowest BCUT2D eigenvalue weighted by Gasteiger charge is -2.14. The van der Waals surface area contributed by atoms with Crippen LogP contribution >= 0.6 is 27.5 Å². The van der Waals surface area contributed by atoms with E-state index < -0.39 is 0 Å². The van der Waals surface area contributed by atoms with E-state index in [0.717, 1.165) is 29.2 Å². The number of nitrogens with zero attached hydrogens (tertiary/aromatic N) is 2. The Balaban J connectivity index is 2.29. The second-order valence-corrected chi connectivity index (χ2v) is 4.87. The first-order valence-electron chi connectivity index (χ1n) is 5.17. The zero-order valence-corrected chi connectivity index (χ0v) is 11.4. The maximum Gasteiger partial charge on any atom is 0.200 e. The lowest BCUT2D eigenvalue weighted by Crippen LogP contribution is -2.30. The molecule has 1 aromatic carbocycles. The molecule has 2 rings (SSSR count). The molecule has 0 unspecified atom stereocenters. The predicted molar refractivity (Wildman–Crippen MR) is 74.7 cm³/mol. The lowest BCUT2D eigenvalue weighted by atomic mass is 10.3. The molecule has 1 aromatic rings. The molecule has 0 amide bonds. The van der Waals surface area contributed by atoms with Crippen molar-refractivity contribution in [1.82, 2.24) is 10.2 Å². The quantitative estimate of drug-likeness (QED) is 0.850. The molecule has 1 saturated heterocycles. The van der Waals surface area contributed by atoms with E-state index in [0.29, 0.717) is 11.6 Å². The number of aliphatic imine (C=N–C) groups is 1. The van der Waals surface area contributed by atoms with Crippen molar-refractivity contribution in [3.63, 3.8) is 0 Å². The predicted octanol–water partition coefficient (Wildman–Crippen LogP) is 2.63. The smallest absolute Gasteiger partial charge is 0.200 e. The summed E-state index contributed by atoms with van der Waals surface area (Å²) in [6.45, 7) is 2.30. The van der Waals surface area contributed by atoms with Crippen molar-refractivity contribution >= 4 is 39.2 Å². The van der Waals surface area contributed by atoms with E-state index in [1.54, 1.807) is 0 Å². The van der Waals surface area contributed by atoms with Gasteiger partial charge < -0.3 is 10.2 Å². The summed E-state index contributed by atoms with van der Waals surface area (Å²) in [5.74, 6) is 3.42. The van der Waals surface area contributed by atoms with Crippen LogP contribution < -0.4 is 5.32 Å². The molecule has 1 N–H and O–H groups in total. The summed E-state index contributed by atoms with van der Waals surface area (Å²) in [7, 11) is 0. The van der Waals surface area contributed by atoms with Gasteiger partial charge in [-0.3, -0.25) is 0 Å². The minimum atomic E-state index is 0.560. The number of terminal acetylenes is 1. The summed E-state index contributed by atoms with van der Waals surface area (Å²) in [6, 6.07) is 5.51. The van der Waals surface area contributed by atoms with Gasteiger partial charge in [0.15, 0.2) is 5.96 Å². The summed E-state index contributed by atoms with van der Waals surface area (Å²) in [5.41, 5.74) is 0.795. The third-order valence-corrected chi connectivity index (χ3v) is 3.29. The molecule has 0 spiro atoms. The largest absolute Gasteiger partial charge is 0.354 e. The minimum Gasteiger partial charge on any atom is -0.354 e. The average Bonchev–Trinajstić information content (AvgIpc) is 2.72. The van der Waals surface area contributed by atoms with Gasteiger partial charge in [0.05, 0.1) is 12.2 Å². The number of rotatable bonds is 2. The van der Waals surface area contributed by atoms with Crippen molar-refractivity contribution in [2.24, 2.45) is 4.99 Å². The summed E-state index contributed by atoms with van der Waals surface area (Å²) in [5, 5.41) is 3.86. The SMILES string of the molecule is C#CCN1CCN/C1=N\c1cc(Cl)ccc1Br. The van der Waals surface area contributed by atoms with Crippen molar-refractivity contribution < 1.29 is 0 Å². The summed E-state index contributed by atoms with van der Waals surface area (Å²) in [6.07, 6.45) is 5.31. The molecule has 5 heteroatoms. The van der Waals surface area contributed by atoms with Crippen LogP contribution in [0.25, 0.3) is 0 Å². The molecule has 17 heavy (non-hydrogen) atoms. The zero-order chi connectivity index (χ0) is 12.3. The van der Waals surface area contributed by atoms with Gasteiger partial charge in [-0.25, -0.2) is 4.99 Å². The molecule has 0 radical (unpaired) electrons. The molecule has 0 aliphatic carbocycles. The van der Waals surface area contributed by atoms with Crippen LogP contribution in [0.3, 0.4) is 0 Å². The van der Waals surface area contributed by atoms with Gasteiger partial charge in [-0.1, -0.05) is 17.5 Å². The van der Waals surface area contributed by atoms with Crippen molar-refractivity contribution in [2.75, 3.05) is 19.6 Å². The Morgan fingerprint density at radius 3 is 3.18 bits per heavy atom. The molecule has 3 nitrogen and oxygen atoms in total. The third kappa shape index (κ3) is 2.93. The van der Waals surface area contributed by atoms with Crippen LogP contribution in [0.2, 0.25) is 5.02 Å². The number of guanidine groups is 1. The molecule has 0 saturated carbocycles. The van der Waals surface area contributed by atoms with Gasteiger partial charge in [-0.05, 0) is 34.1 Å². The van der Waals surface area contributed by atoms with Crippen LogP contribution in [-0.4, -0.2) is 30.5 Å². The van der Waals surface area contributed by atoms with Gasteiger partial charge in [-0.15, -0.1) is 6.42 Å². The minimum absolute atomic E-state index is 0.560. The van der Waals surface area contributed by atoms with E-state index in [-0.39, 0.29) is 0 Å². The van der Waals surface area contributed by atoms with Crippen molar-refractivity contribution in [3.8, 4) is 12.3 Å². The second kappa shape index (κ2) is 5.44. The average molecular weight is 313 g/mol. The Kier molecular flexibility index (Phi) is 3.93. The second-order valence-electron chi connectivity index (χ2n) is 3.58. The van der Waals surface area contributed by atoms with Crippen molar-refractivity contribution in [2.45, 2.75) is 0 Å². The Morgan fingerprint density at radius 2 is 2.41 bits per heavy atom. The molecule has 0 aromatic heterocycles. The summed E-state index contributed by atoms with van der Waals surface area (Å²) >= 11 is 9.39. The van der Waals surface area contributed by atoms with Gasteiger partial charge in [0, 0.05) is 22.6 Å². The highest BCUT2D eigenvalue weighted by Crippen LogP contribution is 2.28. The van der Waals surface area contributed by atoms with Crippen molar-refractivity contribution in [3.05, 3.63) is 27.7 Å². The van der Waals surface area contributed by atoms with E-state index in [1.165, 1.54) is 0 Å². The first-order chi connectivity index (χ1) is 8.20. The number of nitrogens with one attached hydrogen (secondary N) is 1. The molecular formula is C12H11BrClN3. The number of hydrogen-bond donors (Lipinski definition) is 1. The Labute approximate surface area is 114 Å². The monoisotopic (exact) mass is 311 g/mol. The van der Waals surface area contributed by atoms with Gasteiger partial charge in [0.1, 0.15) is 0 Å². The van der Waals surface area contributed by atoms with E-state index in [2.05, 4.69) is 32.2 Å².